The molecule has 1 atom stereocenters. The van der Waals surface area contributed by atoms with E-state index in [1.54, 1.807) is 4.90 Å². The molecule has 2 aromatic carbocycles. The van der Waals surface area contributed by atoms with Crippen LogP contribution >= 0.6 is 23.2 Å². The van der Waals surface area contributed by atoms with E-state index in [2.05, 4.69) is 11.6 Å². The molecule has 29 heavy (non-hydrogen) atoms. The number of likely N-dealkylation sites (tertiary alicyclic amines) is 1. The molecule has 1 heterocycles. The minimum atomic E-state index is -4.04. The maximum absolute atomic E-state index is 13.2. The van der Waals surface area contributed by atoms with Gasteiger partial charge in [0.1, 0.15) is 10.9 Å². The van der Waals surface area contributed by atoms with Gasteiger partial charge in [0.2, 0.25) is 15.9 Å². The van der Waals surface area contributed by atoms with Gasteiger partial charge in [0.15, 0.2) is 0 Å². The number of sulfonamides is 1. The fourth-order valence-corrected chi connectivity index (χ4v) is 5.36. The van der Waals surface area contributed by atoms with Crippen LogP contribution in [0.5, 0.6) is 0 Å². The first-order valence-electron chi connectivity index (χ1n) is 9.56. The van der Waals surface area contributed by atoms with Crippen LogP contribution in [0.15, 0.2) is 53.4 Å². The summed E-state index contributed by atoms with van der Waals surface area (Å²) in [7, 11) is -4.04. The largest absolute Gasteiger partial charge is 0.341 e. The number of carbonyl (C=O) groups is 1. The Bertz CT molecular complexity index is 959. The van der Waals surface area contributed by atoms with Crippen molar-refractivity contribution >= 4 is 39.1 Å². The van der Waals surface area contributed by atoms with E-state index in [0.29, 0.717) is 19.0 Å². The summed E-state index contributed by atoms with van der Waals surface area (Å²) < 4.78 is 28.6. The molecule has 1 aliphatic rings. The SMILES string of the molecule is CC1CCN(C(=O)[C@@H](Cc2ccccc2)NS(=O)(=O)c2cc(Cl)ccc2Cl)CC1. The number of rotatable bonds is 6. The standard InChI is InChI=1S/C21H24Cl2N2O3S/c1-15-9-11-25(12-10-15)21(26)19(13-16-5-3-2-4-6-16)24-29(27,28)20-14-17(22)7-8-18(20)23/h2-8,14-15,19,24H,9-13H2,1H3/t19-/m1/s1. The Morgan fingerprint density at radius 1 is 1.14 bits per heavy atom. The zero-order chi connectivity index (χ0) is 21.0. The summed E-state index contributed by atoms with van der Waals surface area (Å²) >= 11 is 12.1. The second-order valence-electron chi connectivity index (χ2n) is 7.45. The minimum Gasteiger partial charge on any atom is -0.341 e. The molecule has 3 rings (SSSR count). The Morgan fingerprint density at radius 3 is 2.45 bits per heavy atom. The van der Waals surface area contributed by atoms with Crippen molar-refractivity contribution in [3.8, 4) is 0 Å². The highest BCUT2D eigenvalue weighted by molar-refractivity contribution is 7.89. The number of hydrogen-bond acceptors (Lipinski definition) is 3. The van der Waals surface area contributed by atoms with Crippen LogP contribution in [0.2, 0.25) is 10.0 Å². The van der Waals surface area contributed by atoms with Crippen molar-refractivity contribution in [1.82, 2.24) is 9.62 Å². The molecule has 156 valence electrons. The summed E-state index contributed by atoms with van der Waals surface area (Å²) in [6.45, 7) is 3.42. The maximum Gasteiger partial charge on any atom is 0.242 e. The lowest BCUT2D eigenvalue weighted by atomic mass is 9.98. The van der Waals surface area contributed by atoms with Gasteiger partial charge in [0.05, 0.1) is 5.02 Å². The quantitative estimate of drug-likeness (QED) is 0.712. The van der Waals surface area contributed by atoms with Gasteiger partial charge in [-0.2, -0.15) is 4.72 Å². The third kappa shape index (κ3) is 5.72. The summed E-state index contributed by atoms with van der Waals surface area (Å²) in [6.07, 6.45) is 2.08. The second kappa shape index (κ2) is 9.47. The van der Waals surface area contributed by atoms with Crippen molar-refractivity contribution in [2.45, 2.75) is 37.1 Å². The van der Waals surface area contributed by atoms with Crippen molar-refractivity contribution in [3.63, 3.8) is 0 Å². The Hall–Kier alpha value is -1.60. The molecule has 1 saturated heterocycles. The normalized spacial score (nSPS) is 16.6. The van der Waals surface area contributed by atoms with Gasteiger partial charge in [0, 0.05) is 18.1 Å². The van der Waals surface area contributed by atoms with Crippen molar-refractivity contribution in [2.24, 2.45) is 5.92 Å². The van der Waals surface area contributed by atoms with Gasteiger partial charge in [-0.25, -0.2) is 8.42 Å². The zero-order valence-corrected chi connectivity index (χ0v) is 18.5. The molecule has 1 aliphatic heterocycles. The molecule has 0 saturated carbocycles. The van der Waals surface area contributed by atoms with E-state index in [1.165, 1.54) is 18.2 Å². The van der Waals surface area contributed by atoms with Gasteiger partial charge in [-0.05, 0) is 48.9 Å². The molecule has 0 radical (unpaired) electrons. The predicted molar refractivity (Wildman–Crippen MR) is 116 cm³/mol. The first kappa shape index (κ1) is 22.1. The molecule has 0 aliphatic carbocycles. The van der Waals surface area contributed by atoms with Crippen LogP contribution in [0, 0.1) is 5.92 Å². The van der Waals surface area contributed by atoms with Gasteiger partial charge in [-0.3, -0.25) is 4.79 Å². The van der Waals surface area contributed by atoms with Crippen molar-refractivity contribution in [1.29, 1.82) is 0 Å². The van der Waals surface area contributed by atoms with Crippen LogP contribution in [0.3, 0.4) is 0 Å². The summed E-state index contributed by atoms with van der Waals surface area (Å²) in [6, 6.07) is 12.7. The fourth-order valence-electron chi connectivity index (χ4n) is 3.41. The van der Waals surface area contributed by atoms with E-state index in [9.17, 15) is 13.2 Å². The van der Waals surface area contributed by atoms with Gasteiger partial charge < -0.3 is 4.90 Å². The van der Waals surface area contributed by atoms with Crippen molar-refractivity contribution < 1.29 is 13.2 Å². The monoisotopic (exact) mass is 454 g/mol. The first-order valence-corrected chi connectivity index (χ1v) is 11.8. The van der Waals surface area contributed by atoms with E-state index in [-0.39, 0.29) is 27.3 Å². The lowest BCUT2D eigenvalue weighted by Crippen LogP contribution is -2.51. The number of halogens is 2. The molecular formula is C21H24Cl2N2O3S. The Morgan fingerprint density at radius 2 is 1.79 bits per heavy atom. The number of piperidine rings is 1. The summed E-state index contributed by atoms with van der Waals surface area (Å²) in [4.78, 5) is 14.8. The minimum absolute atomic E-state index is 0.0552. The molecule has 0 unspecified atom stereocenters. The van der Waals surface area contributed by atoms with Gasteiger partial charge in [-0.15, -0.1) is 0 Å². The lowest BCUT2D eigenvalue weighted by molar-refractivity contribution is -0.134. The molecule has 1 fully saturated rings. The zero-order valence-electron chi connectivity index (χ0n) is 16.1. The maximum atomic E-state index is 13.2. The summed E-state index contributed by atoms with van der Waals surface area (Å²) in [5, 5.41) is 0.310. The average molecular weight is 455 g/mol. The second-order valence-corrected chi connectivity index (χ2v) is 9.97. The molecule has 1 amide bonds. The molecular weight excluding hydrogens is 431 g/mol. The predicted octanol–water partition coefficient (Wildman–Crippen LogP) is 4.14. The number of amides is 1. The number of nitrogens with one attached hydrogen (secondary N) is 1. The van der Waals surface area contributed by atoms with E-state index < -0.39 is 16.1 Å². The molecule has 2 aromatic rings. The highest BCUT2D eigenvalue weighted by Crippen LogP contribution is 2.26. The van der Waals surface area contributed by atoms with Crippen LogP contribution in [0.25, 0.3) is 0 Å². The van der Waals surface area contributed by atoms with Crippen LogP contribution in [0.4, 0.5) is 0 Å². The smallest absolute Gasteiger partial charge is 0.242 e. The summed E-state index contributed by atoms with van der Waals surface area (Å²) in [5.41, 5.74) is 0.871. The van der Waals surface area contributed by atoms with E-state index in [1.807, 2.05) is 30.3 Å². The first-order chi connectivity index (χ1) is 13.8. The van der Waals surface area contributed by atoms with Crippen molar-refractivity contribution in [3.05, 3.63) is 64.1 Å². The highest BCUT2D eigenvalue weighted by atomic mass is 35.5. The topological polar surface area (TPSA) is 66.5 Å². The van der Waals surface area contributed by atoms with Crippen LogP contribution in [0.1, 0.15) is 25.3 Å². The molecule has 0 spiro atoms. The third-order valence-corrected chi connectivity index (χ3v) is 7.34. The number of carbonyl (C=O) groups excluding carboxylic acids is 1. The Balaban J connectivity index is 1.88. The number of benzene rings is 2. The van der Waals surface area contributed by atoms with Gasteiger partial charge in [0.25, 0.3) is 0 Å². The van der Waals surface area contributed by atoms with Crippen LogP contribution < -0.4 is 4.72 Å². The fraction of sp³-hybridized carbons (Fsp3) is 0.381. The molecule has 1 N–H and O–H groups in total. The van der Waals surface area contributed by atoms with Crippen LogP contribution in [-0.2, 0) is 21.2 Å². The highest BCUT2D eigenvalue weighted by Gasteiger charge is 2.32. The molecule has 0 bridgehead atoms. The van der Waals surface area contributed by atoms with Gasteiger partial charge in [-0.1, -0.05) is 60.5 Å². The Labute approximate surface area is 182 Å². The molecule has 5 nitrogen and oxygen atoms in total. The molecule has 0 aromatic heterocycles. The van der Waals surface area contributed by atoms with Crippen molar-refractivity contribution in [2.75, 3.05) is 13.1 Å². The Kier molecular flexibility index (Phi) is 7.22. The van der Waals surface area contributed by atoms with Gasteiger partial charge >= 0.3 is 0 Å². The number of hydrogen-bond donors (Lipinski definition) is 1. The average Bonchev–Trinajstić information content (AvgIpc) is 2.70. The third-order valence-electron chi connectivity index (χ3n) is 5.16. The van der Waals surface area contributed by atoms with E-state index in [0.717, 1.165) is 18.4 Å². The lowest BCUT2D eigenvalue weighted by Gasteiger charge is -2.33. The summed E-state index contributed by atoms with van der Waals surface area (Å²) in [5.74, 6) is 0.344. The number of nitrogens with zero attached hydrogens (tertiary/aromatic N) is 1. The molecule has 8 heteroatoms. The van der Waals surface area contributed by atoms with E-state index >= 15 is 0 Å². The van der Waals surface area contributed by atoms with Crippen LogP contribution in [-0.4, -0.2) is 38.4 Å². The van der Waals surface area contributed by atoms with E-state index in [4.69, 9.17) is 23.2 Å².